The van der Waals surface area contributed by atoms with Crippen molar-refractivity contribution >= 4 is 15.9 Å². The van der Waals surface area contributed by atoms with Crippen molar-refractivity contribution in [2.24, 2.45) is 11.3 Å². The first kappa shape index (κ1) is 14.8. The van der Waals surface area contributed by atoms with Crippen molar-refractivity contribution in [2.75, 3.05) is 44.6 Å². The van der Waals surface area contributed by atoms with Gasteiger partial charge in [0.2, 0.25) is 0 Å². The average molecular weight is 317 g/mol. The third-order valence-corrected chi connectivity index (χ3v) is 5.95. The minimum atomic E-state index is 0.418. The molecular formula is C15H29BrN2. The molecule has 0 aromatic rings. The van der Waals surface area contributed by atoms with Gasteiger partial charge in [-0.15, -0.1) is 0 Å². The zero-order valence-electron chi connectivity index (χ0n) is 12.1. The van der Waals surface area contributed by atoms with Crippen molar-refractivity contribution < 1.29 is 0 Å². The van der Waals surface area contributed by atoms with Crippen LogP contribution in [0.5, 0.6) is 0 Å². The quantitative estimate of drug-likeness (QED) is 0.719. The molecule has 0 N–H and O–H groups in total. The Morgan fingerprint density at radius 3 is 2.17 bits per heavy atom. The summed E-state index contributed by atoms with van der Waals surface area (Å²) < 4.78 is 0. The summed E-state index contributed by atoms with van der Waals surface area (Å²) in [6.07, 6.45) is 5.68. The van der Waals surface area contributed by atoms with Crippen LogP contribution in [0.25, 0.3) is 0 Å². The fraction of sp³-hybridized carbons (Fsp3) is 1.00. The van der Waals surface area contributed by atoms with E-state index in [1.54, 1.807) is 0 Å². The molecule has 2 fully saturated rings. The molecule has 0 radical (unpaired) electrons. The van der Waals surface area contributed by atoms with Crippen LogP contribution in [0.3, 0.4) is 0 Å². The van der Waals surface area contributed by atoms with Gasteiger partial charge in [-0.3, -0.25) is 0 Å². The normalized spacial score (nSPS) is 24.8. The average Bonchev–Trinajstić information content (AvgIpc) is 2.84. The van der Waals surface area contributed by atoms with Crippen molar-refractivity contribution in [3.05, 3.63) is 0 Å². The lowest BCUT2D eigenvalue weighted by Crippen LogP contribution is -2.42. The molecule has 0 saturated carbocycles. The van der Waals surface area contributed by atoms with E-state index in [4.69, 9.17) is 0 Å². The van der Waals surface area contributed by atoms with Gasteiger partial charge in [0.05, 0.1) is 0 Å². The largest absolute Gasteiger partial charge is 0.303 e. The number of alkyl halides is 1. The van der Waals surface area contributed by atoms with Gasteiger partial charge in [0.25, 0.3) is 0 Å². The fourth-order valence-electron chi connectivity index (χ4n) is 3.31. The highest BCUT2D eigenvalue weighted by Gasteiger charge is 2.26. The summed E-state index contributed by atoms with van der Waals surface area (Å²) in [7, 11) is 0. The molecule has 2 aliphatic heterocycles. The molecule has 106 valence electrons. The van der Waals surface area contributed by atoms with Gasteiger partial charge in [0, 0.05) is 18.4 Å². The van der Waals surface area contributed by atoms with Gasteiger partial charge in [-0.1, -0.05) is 29.8 Å². The molecule has 0 spiro atoms. The van der Waals surface area contributed by atoms with Crippen LogP contribution in [0.2, 0.25) is 0 Å². The Balaban J connectivity index is 1.67. The number of nitrogens with zero attached hydrogens (tertiary/aromatic N) is 2. The minimum absolute atomic E-state index is 0.418. The Bertz CT molecular complexity index is 241. The highest BCUT2D eigenvalue weighted by molar-refractivity contribution is 9.09. The smallest absolute Gasteiger partial charge is 0.00949 e. The van der Waals surface area contributed by atoms with Crippen LogP contribution in [0.1, 0.15) is 39.5 Å². The first-order valence-corrected chi connectivity index (χ1v) is 8.72. The van der Waals surface area contributed by atoms with E-state index < -0.39 is 0 Å². The third-order valence-electron chi connectivity index (χ3n) is 4.44. The minimum Gasteiger partial charge on any atom is -0.303 e. The highest BCUT2D eigenvalue weighted by Crippen LogP contribution is 2.25. The summed E-state index contributed by atoms with van der Waals surface area (Å²) in [6, 6.07) is 0. The van der Waals surface area contributed by atoms with Crippen LogP contribution in [0.4, 0.5) is 0 Å². The topological polar surface area (TPSA) is 6.48 Å². The third kappa shape index (κ3) is 4.50. The van der Waals surface area contributed by atoms with Gasteiger partial charge < -0.3 is 9.80 Å². The molecule has 2 saturated heterocycles. The fourth-order valence-corrected chi connectivity index (χ4v) is 3.48. The summed E-state index contributed by atoms with van der Waals surface area (Å²) in [4.78, 5) is 5.35. The zero-order valence-corrected chi connectivity index (χ0v) is 13.7. The summed E-state index contributed by atoms with van der Waals surface area (Å²) in [5.41, 5.74) is 0.418. The Hall–Kier alpha value is 0.400. The second-order valence-corrected chi connectivity index (χ2v) is 7.59. The number of hydrogen-bond acceptors (Lipinski definition) is 2. The summed E-state index contributed by atoms with van der Waals surface area (Å²) in [6.45, 7) is 12.7. The van der Waals surface area contributed by atoms with Crippen molar-refractivity contribution in [3.63, 3.8) is 0 Å². The van der Waals surface area contributed by atoms with E-state index in [9.17, 15) is 0 Å². The Morgan fingerprint density at radius 2 is 1.61 bits per heavy atom. The molecule has 0 aromatic carbocycles. The van der Waals surface area contributed by atoms with Crippen molar-refractivity contribution in [2.45, 2.75) is 39.5 Å². The molecule has 0 aliphatic carbocycles. The molecular weight excluding hydrogens is 288 g/mol. The molecule has 2 nitrogen and oxygen atoms in total. The van der Waals surface area contributed by atoms with Crippen molar-refractivity contribution in [1.29, 1.82) is 0 Å². The number of halogens is 1. The monoisotopic (exact) mass is 316 g/mol. The zero-order chi connectivity index (χ0) is 13.0. The van der Waals surface area contributed by atoms with Gasteiger partial charge in [-0.2, -0.15) is 0 Å². The predicted molar refractivity (Wildman–Crippen MR) is 82.4 cm³/mol. The maximum absolute atomic E-state index is 3.63. The van der Waals surface area contributed by atoms with Crippen LogP contribution >= 0.6 is 15.9 Å². The first-order chi connectivity index (χ1) is 8.59. The van der Waals surface area contributed by atoms with E-state index >= 15 is 0 Å². The molecule has 0 amide bonds. The van der Waals surface area contributed by atoms with Crippen LogP contribution in [0, 0.1) is 11.3 Å². The van der Waals surface area contributed by atoms with Gasteiger partial charge in [0.1, 0.15) is 0 Å². The van der Waals surface area contributed by atoms with Gasteiger partial charge >= 0.3 is 0 Å². The van der Waals surface area contributed by atoms with E-state index in [0.29, 0.717) is 5.41 Å². The molecule has 2 aliphatic rings. The summed E-state index contributed by atoms with van der Waals surface area (Å²) >= 11 is 3.63. The lowest BCUT2D eigenvalue weighted by atomic mass is 9.91. The number of hydrogen-bond donors (Lipinski definition) is 0. The molecule has 3 heteroatoms. The van der Waals surface area contributed by atoms with E-state index in [1.807, 2.05) is 0 Å². The summed E-state index contributed by atoms with van der Waals surface area (Å²) in [5, 5.41) is 1.10. The van der Waals surface area contributed by atoms with Crippen molar-refractivity contribution in [1.82, 2.24) is 9.80 Å². The standard InChI is InChI=1S/C15H29BrN2/c1-15(2,12-16)13-18-9-5-14(6-10-18)11-17-7-3-4-8-17/h14H,3-13H2,1-2H3. The molecule has 2 heterocycles. The van der Waals surface area contributed by atoms with Gasteiger partial charge in [0.15, 0.2) is 0 Å². The van der Waals surface area contributed by atoms with Crippen molar-refractivity contribution in [3.8, 4) is 0 Å². The highest BCUT2D eigenvalue weighted by atomic mass is 79.9. The first-order valence-electron chi connectivity index (χ1n) is 7.60. The van der Waals surface area contributed by atoms with E-state index in [0.717, 1.165) is 11.2 Å². The second-order valence-electron chi connectivity index (χ2n) is 7.03. The molecule has 18 heavy (non-hydrogen) atoms. The number of rotatable bonds is 5. The lowest BCUT2D eigenvalue weighted by molar-refractivity contribution is 0.122. The number of likely N-dealkylation sites (tertiary alicyclic amines) is 2. The summed E-state index contributed by atoms with van der Waals surface area (Å²) in [5.74, 6) is 0.964. The van der Waals surface area contributed by atoms with E-state index in [-0.39, 0.29) is 0 Å². The molecule has 2 rings (SSSR count). The maximum atomic E-state index is 3.63. The van der Waals surface area contributed by atoms with Crippen LogP contribution in [-0.2, 0) is 0 Å². The lowest BCUT2D eigenvalue weighted by Gasteiger charge is -2.37. The maximum Gasteiger partial charge on any atom is 0.00949 e. The van der Waals surface area contributed by atoms with Crippen LogP contribution in [0.15, 0.2) is 0 Å². The Morgan fingerprint density at radius 1 is 1.00 bits per heavy atom. The molecule has 0 atom stereocenters. The van der Waals surface area contributed by atoms with Gasteiger partial charge in [-0.05, 0) is 63.2 Å². The molecule has 0 bridgehead atoms. The molecule has 0 aromatic heterocycles. The van der Waals surface area contributed by atoms with Gasteiger partial charge in [-0.25, -0.2) is 0 Å². The number of piperidine rings is 1. The predicted octanol–water partition coefficient (Wildman–Crippen LogP) is 3.22. The van der Waals surface area contributed by atoms with E-state index in [2.05, 4.69) is 39.6 Å². The van der Waals surface area contributed by atoms with Crippen LogP contribution in [-0.4, -0.2) is 54.4 Å². The molecule has 0 unspecified atom stereocenters. The van der Waals surface area contributed by atoms with E-state index in [1.165, 1.54) is 65.0 Å². The Labute approximate surface area is 121 Å². The van der Waals surface area contributed by atoms with Crippen LogP contribution < -0.4 is 0 Å². The Kier molecular flexibility index (Phi) is 5.52. The second kappa shape index (κ2) is 6.71. The SMILES string of the molecule is CC(C)(CBr)CN1CCC(CN2CCCC2)CC1.